The van der Waals surface area contributed by atoms with E-state index in [1.54, 1.807) is 24.5 Å². The second-order valence-corrected chi connectivity index (χ2v) is 4.66. The molecule has 0 amide bonds. The molecule has 0 aliphatic heterocycles. The Kier molecular flexibility index (Phi) is 3.36. The molecular formula is C18H13N3. The molecule has 0 aliphatic rings. The van der Waals surface area contributed by atoms with Crippen molar-refractivity contribution >= 4 is 22.0 Å². The van der Waals surface area contributed by atoms with E-state index in [2.05, 4.69) is 11.1 Å². The lowest BCUT2D eigenvalue weighted by Gasteiger charge is -2.09. The summed E-state index contributed by atoms with van der Waals surface area (Å²) < 4.78 is 0. The van der Waals surface area contributed by atoms with Crippen LogP contribution in [0.3, 0.4) is 0 Å². The summed E-state index contributed by atoms with van der Waals surface area (Å²) in [4.78, 5) is 3.97. The number of benzene rings is 2. The first kappa shape index (κ1) is 12.9. The van der Waals surface area contributed by atoms with Gasteiger partial charge in [0, 0.05) is 18.0 Å². The van der Waals surface area contributed by atoms with E-state index in [4.69, 9.17) is 5.73 Å². The molecule has 2 N–H and O–H groups in total. The van der Waals surface area contributed by atoms with Crippen molar-refractivity contribution < 1.29 is 0 Å². The second kappa shape index (κ2) is 5.48. The lowest BCUT2D eigenvalue weighted by atomic mass is 9.97. The van der Waals surface area contributed by atoms with Crippen LogP contribution in [-0.2, 0) is 0 Å². The van der Waals surface area contributed by atoms with Crippen LogP contribution in [0.4, 0.5) is 0 Å². The predicted octanol–water partition coefficient (Wildman–Crippen LogP) is 3.59. The van der Waals surface area contributed by atoms with Crippen LogP contribution in [0.5, 0.6) is 0 Å². The molecule has 0 atom stereocenters. The molecule has 0 unspecified atom stereocenters. The largest absolute Gasteiger partial charge is 0.397 e. The van der Waals surface area contributed by atoms with Gasteiger partial charge in [-0.1, -0.05) is 42.5 Å². The Labute approximate surface area is 123 Å². The Morgan fingerprint density at radius 1 is 0.952 bits per heavy atom. The van der Waals surface area contributed by atoms with Gasteiger partial charge in [0.15, 0.2) is 0 Å². The summed E-state index contributed by atoms with van der Waals surface area (Å²) in [6, 6.07) is 19.7. The topological polar surface area (TPSA) is 62.7 Å². The third kappa shape index (κ3) is 2.35. The van der Waals surface area contributed by atoms with Crippen molar-refractivity contribution in [3.63, 3.8) is 0 Å². The lowest BCUT2D eigenvalue weighted by Crippen LogP contribution is -2.01. The van der Waals surface area contributed by atoms with Crippen molar-refractivity contribution in [2.45, 2.75) is 0 Å². The molecular weight excluding hydrogens is 258 g/mol. The van der Waals surface area contributed by atoms with E-state index in [1.165, 1.54) is 0 Å². The van der Waals surface area contributed by atoms with Gasteiger partial charge in [-0.05, 0) is 28.5 Å². The number of pyridine rings is 1. The number of nitriles is 1. The third-order valence-corrected chi connectivity index (χ3v) is 3.43. The van der Waals surface area contributed by atoms with Crippen LogP contribution >= 0.6 is 0 Å². The zero-order valence-corrected chi connectivity index (χ0v) is 11.3. The van der Waals surface area contributed by atoms with Crippen molar-refractivity contribution in [2.75, 3.05) is 0 Å². The van der Waals surface area contributed by atoms with Gasteiger partial charge in [0.1, 0.15) is 6.07 Å². The van der Waals surface area contributed by atoms with Crippen LogP contribution in [0.2, 0.25) is 0 Å². The zero-order chi connectivity index (χ0) is 14.7. The monoisotopic (exact) mass is 271 g/mol. The van der Waals surface area contributed by atoms with Gasteiger partial charge in [-0.2, -0.15) is 5.26 Å². The Morgan fingerprint density at radius 2 is 1.67 bits per heavy atom. The highest BCUT2D eigenvalue weighted by atomic mass is 14.6. The zero-order valence-electron chi connectivity index (χ0n) is 11.3. The third-order valence-electron chi connectivity index (χ3n) is 3.43. The van der Waals surface area contributed by atoms with E-state index >= 15 is 0 Å². The molecule has 3 nitrogen and oxygen atoms in total. The molecule has 0 saturated heterocycles. The number of aromatic nitrogens is 1. The number of allylic oxidation sites excluding steroid dienone is 1. The summed E-state index contributed by atoms with van der Waals surface area (Å²) >= 11 is 0. The summed E-state index contributed by atoms with van der Waals surface area (Å²) in [5, 5.41) is 11.6. The van der Waals surface area contributed by atoms with E-state index in [-0.39, 0.29) is 0 Å². The standard InChI is InChI=1S/C18H13N3/c19-12-17(14-8-10-21-11-9-14)18(20)16-7-3-5-13-4-1-2-6-15(13)16/h1-11H,20H2/b18-17-. The summed E-state index contributed by atoms with van der Waals surface area (Å²) in [6.45, 7) is 0. The summed E-state index contributed by atoms with van der Waals surface area (Å²) in [7, 11) is 0. The van der Waals surface area contributed by atoms with Gasteiger partial charge in [0.05, 0.1) is 11.3 Å². The maximum atomic E-state index is 9.47. The highest BCUT2D eigenvalue weighted by Crippen LogP contribution is 2.27. The molecule has 0 bridgehead atoms. The minimum Gasteiger partial charge on any atom is -0.397 e. The van der Waals surface area contributed by atoms with Crippen LogP contribution in [0, 0.1) is 11.3 Å². The smallest absolute Gasteiger partial charge is 0.102 e. The van der Waals surface area contributed by atoms with Gasteiger partial charge < -0.3 is 5.73 Å². The molecule has 0 spiro atoms. The molecule has 1 aromatic heterocycles. The van der Waals surface area contributed by atoms with Crippen molar-refractivity contribution in [1.29, 1.82) is 5.26 Å². The molecule has 0 aliphatic carbocycles. The number of hydrogen-bond donors (Lipinski definition) is 1. The molecule has 21 heavy (non-hydrogen) atoms. The van der Waals surface area contributed by atoms with Crippen LogP contribution in [0.25, 0.3) is 22.0 Å². The van der Waals surface area contributed by atoms with Crippen LogP contribution in [0.15, 0.2) is 67.0 Å². The van der Waals surface area contributed by atoms with Crippen LogP contribution < -0.4 is 5.73 Å². The molecule has 3 heteroatoms. The van der Waals surface area contributed by atoms with E-state index in [9.17, 15) is 5.26 Å². The molecule has 0 fully saturated rings. The number of fused-ring (bicyclic) bond motifs is 1. The first-order chi connectivity index (χ1) is 10.3. The Morgan fingerprint density at radius 3 is 2.43 bits per heavy atom. The van der Waals surface area contributed by atoms with Gasteiger partial charge >= 0.3 is 0 Å². The fourth-order valence-electron chi connectivity index (χ4n) is 2.39. The van der Waals surface area contributed by atoms with Gasteiger partial charge in [-0.3, -0.25) is 4.98 Å². The Bertz CT molecular complexity index is 853. The highest BCUT2D eigenvalue weighted by Gasteiger charge is 2.10. The Balaban J connectivity index is 2.26. The van der Waals surface area contributed by atoms with E-state index in [0.29, 0.717) is 11.3 Å². The van der Waals surface area contributed by atoms with E-state index in [1.807, 2.05) is 42.5 Å². The predicted molar refractivity (Wildman–Crippen MR) is 84.8 cm³/mol. The average Bonchev–Trinajstić information content (AvgIpc) is 2.56. The van der Waals surface area contributed by atoms with Crippen molar-refractivity contribution in [1.82, 2.24) is 4.98 Å². The van der Waals surface area contributed by atoms with Crippen LogP contribution in [0.1, 0.15) is 11.1 Å². The summed E-state index contributed by atoms with van der Waals surface area (Å²) in [5.41, 5.74) is 8.89. The van der Waals surface area contributed by atoms with Gasteiger partial charge in [0.25, 0.3) is 0 Å². The minimum atomic E-state index is 0.466. The van der Waals surface area contributed by atoms with E-state index in [0.717, 1.165) is 21.9 Å². The van der Waals surface area contributed by atoms with Crippen molar-refractivity contribution in [3.05, 3.63) is 78.1 Å². The van der Waals surface area contributed by atoms with Gasteiger partial charge in [-0.25, -0.2) is 0 Å². The summed E-state index contributed by atoms with van der Waals surface area (Å²) in [5.74, 6) is 0. The Hall–Kier alpha value is -3.12. The maximum absolute atomic E-state index is 9.47. The number of rotatable bonds is 2. The molecule has 0 saturated carbocycles. The molecule has 3 aromatic rings. The first-order valence-electron chi connectivity index (χ1n) is 6.59. The number of nitrogens with two attached hydrogens (primary N) is 1. The van der Waals surface area contributed by atoms with E-state index < -0.39 is 0 Å². The summed E-state index contributed by atoms with van der Waals surface area (Å²) in [6.07, 6.45) is 3.31. The van der Waals surface area contributed by atoms with Gasteiger partial charge in [-0.15, -0.1) is 0 Å². The normalized spacial score (nSPS) is 11.8. The quantitative estimate of drug-likeness (QED) is 0.724. The minimum absolute atomic E-state index is 0.466. The number of hydrogen-bond acceptors (Lipinski definition) is 3. The van der Waals surface area contributed by atoms with Crippen molar-refractivity contribution in [2.24, 2.45) is 5.73 Å². The van der Waals surface area contributed by atoms with Gasteiger partial charge in [0.2, 0.25) is 0 Å². The highest BCUT2D eigenvalue weighted by molar-refractivity contribution is 6.03. The number of nitrogens with zero attached hydrogens (tertiary/aromatic N) is 2. The molecule has 3 rings (SSSR count). The first-order valence-corrected chi connectivity index (χ1v) is 6.59. The molecule has 100 valence electrons. The second-order valence-electron chi connectivity index (χ2n) is 4.66. The average molecular weight is 271 g/mol. The fraction of sp³-hybridized carbons (Fsp3) is 0. The lowest BCUT2D eigenvalue weighted by molar-refractivity contribution is 1.32. The molecule has 0 radical (unpaired) electrons. The molecule has 1 heterocycles. The molecule has 2 aromatic carbocycles. The SMILES string of the molecule is N#C/C(=C(/N)c1cccc2ccccc12)c1ccncc1. The van der Waals surface area contributed by atoms with Crippen molar-refractivity contribution in [3.8, 4) is 6.07 Å². The fourth-order valence-corrected chi connectivity index (χ4v) is 2.39. The van der Waals surface area contributed by atoms with Crippen LogP contribution in [-0.4, -0.2) is 4.98 Å². The maximum Gasteiger partial charge on any atom is 0.102 e.